The topological polar surface area (TPSA) is 12.5 Å². The third kappa shape index (κ3) is 3.05. The van der Waals surface area contributed by atoms with Gasteiger partial charge in [-0.1, -0.05) is 42.3 Å². The number of hydrogen-bond donors (Lipinski definition) is 0. The number of halogens is 1. The van der Waals surface area contributed by atoms with Crippen molar-refractivity contribution in [3.05, 3.63) is 64.2 Å². The summed E-state index contributed by atoms with van der Waals surface area (Å²) in [7, 11) is 0. The zero-order valence-corrected chi connectivity index (χ0v) is 14.9. The van der Waals surface area contributed by atoms with Crippen LogP contribution in [0.25, 0.3) is 0 Å². The van der Waals surface area contributed by atoms with E-state index >= 15 is 0 Å². The maximum Gasteiger partial charge on any atom is 0.140 e. The Hall–Kier alpha value is -1.51. The summed E-state index contributed by atoms with van der Waals surface area (Å²) in [6.07, 6.45) is 5.17. The van der Waals surface area contributed by atoms with E-state index in [1.165, 1.54) is 43.5 Å². The fourth-order valence-electron chi connectivity index (χ4n) is 4.13. The minimum absolute atomic E-state index is 0.110. The van der Waals surface area contributed by atoms with Crippen LogP contribution in [-0.4, -0.2) is 24.0 Å². The highest BCUT2D eigenvalue weighted by molar-refractivity contribution is 6.30. The Balaban J connectivity index is 1.65. The molecule has 2 aromatic rings. The molecule has 0 unspecified atom stereocenters. The van der Waals surface area contributed by atoms with Gasteiger partial charge in [0, 0.05) is 5.02 Å². The van der Waals surface area contributed by atoms with Crippen LogP contribution in [0.5, 0.6) is 5.75 Å². The first-order valence-electron chi connectivity index (χ1n) is 8.97. The second-order valence-corrected chi connectivity index (χ2v) is 7.45. The molecule has 0 radical (unpaired) electrons. The van der Waals surface area contributed by atoms with E-state index in [2.05, 4.69) is 36.1 Å². The molecule has 2 nitrogen and oxygen atoms in total. The van der Waals surface area contributed by atoms with Crippen molar-refractivity contribution in [3.63, 3.8) is 0 Å². The molecule has 2 atom stereocenters. The second-order valence-electron chi connectivity index (χ2n) is 7.02. The predicted molar refractivity (Wildman–Crippen MR) is 98.9 cm³/mol. The van der Waals surface area contributed by atoms with Crippen LogP contribution in [0.15, 0.2) is 42.5 Å². The fourth-order valence-corrected chi connectivity index (χ4v) is 4.36. The molecule has 2 aromatic carbocycles. The molecule has 0 N–H and O–H groups in total. The summed E-state index contributed by atoms with van der Waals surface area (Å²) in [6, 6.07) is 15.1. The van der Waals surface area contributed by atoms with Crippen molar-refractivity contribution < 1.29 is 4.74 Å². The Morgan fingerprint density at radius 1 is 1.04 bits per heavy atom. The van der Waals surface area contributed by atoms with Gasteiger partial charge in [0.05, 0.1) is 6.04 Å². The largest absolute Gasteiger partial charge is 0.484 e. The monoisotopic (exact) mass is 341 g/mol. The van der Waals surface area contributed by atoms with E-state index in [1.807, 2.05) is 18.2 Å². The van der Waals surface area contributed by atoms with Crippen molar-refractivity contribution in [1.82, 2.24) is 4.90 Å². The first-order valence-corrected chi connectivity index (χ1v) is 9.35. The van der Waals surface area contributed by atoms with E-state index in [1.54, 1.807) is 0 Å². The van der Waals surface area contributed by atoms with Crippen molar-refractivity contribution in [2.75, 3.05) is 13.1 Å². The number of aryl methyl sites for hydroxylation is 1. The van der Waals surface area contributed by atoms with Crippen LogP contribution >= 0.6 is 11.6 Å². The molecule has 1 fully saturated rings. The Bertz CT molecular complexity index is 724. The Morgan fingerprint density at radius 2 is 1.83 bits per heavy atom. The summed E-state index contributed by atoms with van der Waals surface area (Å²) in [5.41, 5.74) is 3.89. The zero-order chi connectivity index (χ0) is 16.5. The Morgan fingerprint density at radius 3 is 2.62 bits per heavy atom. The van der Waals surface area contributed by atoms with Crippen molar-refractivity contribution in [2.45, 2.75) is 44.8 Å². The average molecular weight is 342 g/mol. The Kier molecular flexibility index (Phi) is 4.51. The maximum atomic E-state index is 6.55. The van der Waals surface area contributed by atoms with Gasteiger partial charge in [0.25, 0.3) is 0 Å². The molecule has 0 spiro atoms. The molecule has 2 aliphatic rings. The van der Waals surface area contributed by atoms with Gasteiger partial charge in [-0.3, -0.25) is 4.90 Å². The average Bonchev–Trinajstić information content (AvgIpc) is 2.97. The molecule has 1 aliphatic heterocycles. The van der Waals surface area contributed by atoms with Gasteiger partial charge < -0.3 is 4.74 Å². The third-order valence-corrected chi connectivity index (χ3v) is 5.63. The van der Waals surface area contributed by atoms with Crippen LogP contribution in [0.4, 0.5) is 0 Å². The molecule has 4 rings (SSSR count). The summed E-state index contributed by atoms with van der Waals surface area (Å²) < 4.78 is 6.55. The van der Waals surface area contributed by atoms with E-state index in [-0.39, 0.29) is 6.10 Å². The number of piperidine rings is 1. The lowest BCUT2D eigenvalue weighted by Crippen LogP contribution is -2.43. The van der Waals surface area contributed by atoms with Crippen LogP contribution < -0.4 is 4.74 Å². The van der Waals surface area contributed by atoms with Crippen molar-refractivity contribution in [3.8, 4) is 5.75 Å². The number of fused-ring (bicyclic) bond motifs is 1. The number of benzene rings is 2. The smallest absolute Gasteiger partial charge is 0.140 e. The maximum absolute atomic E-state index is 6.55. The third-order valence-electron chi connectivity index (χ3n) is 5.39. The number of hydrogen-bond acceptors (Lipinski definition) is 2. The summed E-state index contributed by atoms with van der Waals surface area (Å²) in [5, 5.41) is 0.763. The van der Waals surface area contributed by atoms with E-state index in [9.17, 15) is 0 Å². The molecular weight excluding hydrogens is 318 g/mol. The van der Waals surface area contributed by atoms with Crippen molar-refractivity contribution >= 4 is 11.6 Å². The van der Waals surface area contributed by atoms with Gasteiger partial charge in [-0.2, -0.15) is 0 Å². The lowest BCUT2D eigenvalue weighted by Gasteiger charge is -2.36. The Labute approximate surface area is 149 Å². The molecule has 1 heterocycles. The first-order chi connectivity index (χ1) is 11.7. The minimum atomic E-state index is 0.110. The second kappa shape index (κ2) is 6.78. The highest BCUT2D eigenvalue weighted by Crippen LogP contribution is 2.39. The van der Waals surface area contributed by atoms with Gasteiger partial charge in [0.2, 0.25) is 0 Å². The molecule has 0 aromatic heterocycles. The summed E-state index contributed by atoms with van der Waals surface area (Å²) in [4.78, 5) is 2.64. The standard InChI is InChI=1S/C21H24ClNO/c1-15-13-17(22)9-10-20(15)24-21-18-8-4-3-7-16(18)14-19(21)23-11-5-2-6-12-23/h3-4,7-10,13,19,21H,2,5-6,11-12,14H2,1H3/t19-,21-/m1/s1. The van der Waals surface area contributed by atoms with Crippen LogP contribution in [0, 0.1) is 6.92 Å². The van der Waals surface area contributed by atoms with Crippen LogP contribution in [0.2, 0.25) is 5.02 Å². The zero-order valence-electron chi connectivity index (χ0n) is 14.2. The van der Waals surface area contributed by atoms with Crippen molar-refractivity contribution in [1.29, 1.82) is 0 Å². The van der Waals surface area contributed by atoms with E-state index in [4.69, 9.17) is 16.3 Å². The number of likely N-dealkylation sites (tertiary alicyclic amines) is 1. The van der Waals surface area contributed by atoms with Crippen molar-refractivity contribution in [2.24, 2.45) is 0 Å². The van der Waals surface area contributed by atoms with Gasteiger partial charge in [-0.05, 0) is 74.2 Å². The normalized spacial score (nSPS) is 23.9. The molecule has 1 aliphatic carbocycles. The van der Waals surface area contributed by atoms with Gasteiger partial charge >= 0.3 is 0 Å². The van der Waals surface area contributed by atoms with Crippen LogP contribution in [-0.2, 0) is 6.42 Å². The lowest BCUT2D eigenvalue weighted by atomic mass is 10.0. The van der Waals surface area contributed by atoms with E-state index < -0.39 is 0 Å². The molecular formula is C21H24ClNO. The highest BCUT2D eigenvalue weighted by Gasteiger charge is 2.38. The summed E-state index contributed by atoms with van der Waals surface area (Å²) >= 11 is 6.10. The lowest BCUT2D eigenvalue weighted by molar-refractivity contribution is 0.0644. The molecule has 0 bridgehead atoms. The molecule has 24 heavy (non-hydrogen) atoms. The van der Waals surface area contributed by atoms with Crippen LogP contribution in [0.3, 0.4) is 0 Å². The van der Waals surface area contributed by atoms with E-state index in [0.29, 0.717) is 6.04 Å². The molecule has 126 valence electrons. The van der Waals surface area contributed by atoms with E-state index in [0.717, 1.165) is 22.8 Å². The minimum Gasteiger partial charge on any atom is -0.484 e. The summed E-state index contributed by atoms with van der Waals surface area (Å²) in [6.45, 7) is 4.45. The van der Waals surface area contributed by atoms with Crippen LogP contribution in [0.1, 0.15) is 42.1 Å². The molecule has 0 amide bonds. The van der Waals surface area contributed by atoms with Gasteiger partial charge in [-0.15, -0.1) is 0 Å². The fraction of sp³-hybridized carbons (Fsp3) is 0.429. The number of nitrogens with zero attached hydrogens (tertiary/aromatic N) is 1. The SMILES string of the molecule is Cc1cc(Cl)ccc1O[C@@H]1c2ccccc2C[C@H]1N1CCCCC1. The van der Waals surface area contributed by atoms with Gasteiger partial charge in [0.15, 0.2) is 0 Å². The van der Waals surface area contributed by atoms with Gasteiger partial charge in [-0.25, -0.2) is 0 Å². The molecule has 1 saturated heterocycles. The predicted octanol–water partition coefficient (Wildman–Crippen LogP) is 5.18. The molecule has 3 heteroatoms. The molecule has 0 saturated carbocycles. The first kappa shape index (κ1) is 16.0. The highest BCUT2D eigenvalue weighted by atomic mass is 35.5. The summed E-state index contributed by atoms with van der Waals surface area (Å²) in [5.74, 6) is 0.947. The number of ether oxygens (including phenoxy) is 1. The quantitative estimate of drug-likeness (QED) is 0.762. The van der Waals surface area contributed by atoms with Gasteiger partial charge in [0.1, 0.15) is 11.9 Å². The number of rotatable bonds is 3.